The van der Waals surface area contributed by atoms with E-state index in [-0.39, 0.29) is 42.7 Å². The zero-order valence-electron chi connectivity index (χ0n) is 15.1. The highest BCUT2D eigenvalue weighted by Crippen LogP contribution is 2.50. The molecule has 1 aromatic carbocycles. The van der Waals surface area contributed by atoms with E-state index in [1.54, 1.807) is 10.9 Å². The zero-order chi connectivity index (χ0) is 20.6. The average molecular weight is 423 g/mol. The van der Waals surface area contributed by atoms with Gasteiger partial charge < -0.3 is 19.9 Å². The number of hydrogen-bond donors (Lipinski definition) is 3. The topological polar surface area (TPSA) is 146 Å². The molecule has 0 radical (unpaired) electrons. The number of nitrogens with zero attached hydrogens (tertiary/aromatic N) is 4. The van der Waals surface area contributed by atoms with Crippen molar-refractivity contribution in [3.63, 3.8) is 0 Å². The van der Waals surface area contributed by atoms with Gasteiger partial charge in [-0.2, -0.15) is 0 Å². The Balaban J connectivity index is 1.47. The molecule has 1 aliphatic carbocycles. The summed E-state index contributed by atoms with van der Waals surface area (Å²) in [4.78, 5) is 22.3. The standard InChI is InChI=1S/C17H19FN5O5P/c18-11-1-3-12(4-2-11)28-29(25,26)27-7-13-10(6-24)5-14(13)23-9-22-15-16(19)20-8-21-17(15)23/h1-4,8-10,13-14,24H,5-7H2,(H,25,26)(H2,19,20,21). The first kappa shape index (κ1) is 19.7. The summed E-state index contributed by atoms with van der Waals surface area (Å²) in [5.41, 5.74) is 6.82. The number of nitrogen functional groups attached to an aromatic ring is 1. The van der Waals surface area contributed by atoms with Crippen LogP contribution in [0.5, 0.6) is 5.75 Å². The Morgan fingerprint density at radius 3 is 2.76 bits per heavy atom. The van der Waals surface area contributed by atoms with Crippen LogP contribution in [0.4, 0.5) is 10.2 Å². The van der Waals surface area contributed by atoms with Gasteiger partial charge in [-0.05, 0) is 36.6 Å². The van der Waals surface area contributed by atoms with Crippen molar-refractivity contribution in [3.05, 3.63) is 42.7 Å². The predicted octanol–water partition coefficient (Wildman–Crippen LogP) is 1.91. The van der Waals surface area contributed by atoms with Gasteiger partial charge in [-0.25, -0.2) is 23.9 Å². The number of aromatic nitrogens is 4. The number of phosphoric ester groups is 1. The van der Waals surface area contributed by atoms with E-state index in [2.05, 4.69) is 15.0 Å². The largest absolute Gasteiger partial charge is 0.527 e. The number of hydrogen-bond acceptors (Lipinski definition) is 8. The Morgan fingerprint density at radius 1 is 1.28 bits per heavy atom. The van der Waals surface area contributed by atoms with Gasteiger partial charge in [0.1, 0.15) is 23.4 Å². The van der Waals surface area contributed by atoms with Crippen LogP contribution in [-0.4, -0.2) is 42.7 Å². The molecular formula is C17H19FN5O5P. The van der Waals surface area contributed by atoms with Gasteiger partial charge in [0.15, 0.2) is 11.5 Å². The minimum Gasteiger partial charge on any atom is -0.404 e. The number of rotatable bonds is 7. The molecule has 1 fully saturated rings. The summed E-state index contributed by atoms with van der Waals surface area (Å²) in [6.07, 6.45) is 3.53. The molecule has 4 rings (SSSR count). The molecule has 0 saturated heterocycles. The first-order chi connectivity index (χ1) is 13.9. The van der Waals surface area contributed by atoms with Crippen molar-refractivity contribution >= 4 is 24.8 Å². The fourth-order valence-electron chi connectivity index (χ4n) is 3.50. The molecule has 0 spiro atoms. The summed E-state index contributed by atoms with van der Waals surface area (Å²) in [5.74, 6) is -0.625. The van der Waals surface area contributed by atoms with Crippen molar-refractivity contribution in [2.45, 2.75) is 12.5 Å². The summed E-state index contributed by atoms with van der Waals surface area (Å²) >= 11 is 0. The second-order valence-electron chi connectivity index (χ2n) is 6.80. The number of halogens is 1. The van der Waals surface area contributed by atoms with Gasteiger partial charge in [0, 0.05) is 18.6 Å². The van der Waals surface area contributed by atoms with Crippen molar-refractivity contribution in [1.82, 2.24) is 19.5 Å². The number of aliphatic hydroxyl groups is 1. The van der Waals surface area contributed by atoms with Gasteiger partial charge in [-0.3, -0.25) is 9.42 Å². The molecule has 29 heavy (non-hydrogen) atoms. The van der Waals surface area contributed by atoms with Gasteiger partial charge in [-0.15, -0.1) is 0 Å². The minimum absolute atomic E-state index is 0.00822. The molecule has 1 aliphatic rings. The van der Waals surface area contributed by atoms with Crippen LogP contribution in [0.3, 0.4) is 0 Å². The molecule has 154 valence electrons. The highest BCUT2D eigenvalue weighted by atomic mass is 31.2. The molecule has 10 nitrogen and oxygen atoms in total. The lowest BCUT2D eigenvalue weighted by Crippen LogP contribution is -2.43. The molecule has 0 aliphatic heterocycles. The number of nitrogens with two attached hydrogens (primary N) is 1. The van der Waals surface area contributed by atoms with Crippen molar-refractivity contribution in [3.8, 4) is 5.75 Å². The van der Waals surface area contributed by atoms with Crippen LogP contribution in [0.25, 0.3) is 11.2 Å². The summed E-state index contributed by atoms with van der Waals surface area (Å²) < 4.78 is 37.1. The fraction of sp³-hybridized carbons (Fsp3) is 0.353. The third-order valence-corrected chi connectivity index (χ3v) is 6.00. The quantitative estimate of drug-likeness (QED) is 0.485. The van der Waals surface area contributed by atoms with Crippen LogP contribution < -0.4 is 10.3 Å². The van der Waals surface area contributed by atoms with Crippen LogP contribution in [0.2, 0.25) is 0 Å². The van der Waals surface area contributed by atoms with E-state index < -0.39 is 13.6 Å². The first-order valence-electron chi connectivity index (χ1n) is 8.84. The molecule has 1 saturated carbocycles. The monoisotopic (exact) mass is 423 g/mol. The van der Waals surface area contributed by atoms with Crippen LogP contribution >= 0.6 is 7.82 Å². The minimum atomic E-state index is -4.43. The van der Waals surface area contributed by atoms with E-state index in [4.69, 9.17) is 14.8 Å². The Kier molecular flexibility index (Phi) is 5.22. The number of phosphoric acid groups is 1. The third kappa shape index (κ3) is 3.95. The highest BCUT2D eigenvalue weighted by molar-refractivity contribution is 7.47. The van der Waals surface area contributed by atoms with Crippen LogP contribution in [0.15, 0.2) is 36.9 Å². The molecule has 4 atom stereocenters. The Labute approximate surface area is 164 Å². The predicted molar refractivity (Wildman–Crippen MR) is 100 cm³/mol. The molecule has 2 heterocycles. The van der Waals surface area contributed by atoms with Crippen molar-refractivity contribution in [2.75, 3.05) is 18.9 Å². The molecule has 0 amide bonds. The van der Waals surface area contributed by atoms with Crippen LogP contribution in [-0.2, 0) is 9.09 Å². The Hall–Kier alpha value is -2.59. The number of benzene rings is 1. The highest BCUT2D eigenvalue weighted by Gasteiger charge is 2.44. The van der Waals surface area contributed by atoms with Gasteiger partial charge in [-0.1, -0.05) is 0 Å². The lowest BCUT2D eigenvalue weighted by atomic mass is 9.70. The maximum Gasteiger partial charge on any atom is 0.527 e. The maximum atomic E-state index is 13.0. The van der Waals surface area contributed by atoms with Crippen molar-refractivity contribution in [2.24, 2.45) is 11.8 Å². The van der Waals surface area contributed by atoms with Crippen LogP contribution in [0, 0.1) is 17.7 Å². The van der Waals surface area contributed by atoms with Gasteiger partial charge >= 0.3 is 7.82 Å². The van der Waals surface area contributed by atoms with Gasteiger partial charge in [0.05, 0.1) is 12.9 Å². The number of anilines is 1. The van der Waals surface area contributed by atoms with E-state index >= 15 is 0 Å². The second-order valence-corrected chi connectivity index (χ2v) is 8.18. The lowest BCUT2D eigenvalue weighted by Gasteiger charge is -2.44. The van der Waals surface area contributed by atoms with E-state index in [9.17, 15) is 19.0 Å². The molecule has 4 unspecified atom stereocenters. The molecular weight excluding hydrogens is 404 g/mol. The number of aliphatic hydroxyl groups excluding tert-OH is 1. The smallest absolute Gasteiger partial charge is 0.404 e. The maximum absolute atomic E-state index is 13.0. The van der Waals surface area contributed by atoms with E-state index in [0.717, 1.165) is 12.1 Å². The second kappa shape index (κ2) is 7.68. The summed E-state index contributed by atoms with van der Waals surface area (Å²) in [7, 11) is -4.43. The van der Waals surface area contributed by atoms with Crippen molar-refractivity contribution < 1.29 is 28.0 Å². The van der Waals surface area contributed by atoms with Crippen LogP contribution in [0.1, 0.15) is 12.5 Å². The van der Waals surface area contributed by atoms with Gasteiger partial charge in [0.2, 0.25) is 0 Å². The lowest BCUT2D eigenvalue weighted by molar-refractivity contribution is -0.00476. The first-order valence-corrected chi connectivity index (χ1v) is 10.3. The molecule has 12 heteroatoms. The summed E-state index contributed by atoms with van der Waals surface area (Å²) in [6.45, 7) is -0.228. The van der Waals surface area contributed by atoms with E-state index in [0.29, 0.717) is 17.6 Å². The zero-order valence-corrected chi connectivity index (χ0v) is 16.0. The molecule has 3 aromatic rings. The van der Waals surface area contributed by atoms with Gasteiger partial charge in [0.25, 0.3) is 0 Å². The molecule has 2 aromatic heterocycles. The van der Waals surface area contributed by atoms with E-state index in [1.165, 1.54) is 18.5 Å². The normalized spacial score (nSPS) is 23.5. The fourth-order valence-corrected chi connectivity index (χ4v) is 4.30. The Morgan fingerprint density at radius 2 is 2.03 bits per heavy atom. The number of imidazole rings is 1. The molecule has 0 bridgehead atoms. The van der Waals surface area contributed by atoms with Crippen molar-refractivity contribution in [1.29, 1.82) is 0 Å². The summed E-state index contributed by atoms with van der Waals surface area (Å²) in [5, 5.41) is 9.60. The van der Waals surface area contributed by atoms with E-state index in [1.807, 2.05) is 0 Å². The Bertz CT molecular complexity index is 1060. The average Bonchev–Trinajstić information content (AvgIpc) is 3.08. The SMILES string of the molecule is Nc1ncnc2c1ncn2C1CC(CO)C1COP(=O)(O)Oc1ccc(F)cc1. The summed E-state index contributed by atoms with van der Waals surface area (Å²) in [6, 6.07) is 4.52. The number of fused-ring (bicyclic) bond motifs is 1. The third-order valence-electron chi connectivity index (χ3n) is 5.09. The molecule has 4 N–H and O–H groups in total.